The molecule has 1 aliphatic carbocycles. The number of carbonyl (C=O) groups is 2. The summed E-state index contributed by atoms with van der Waals surface area (Å²) in [5, 5.41) is 8.60. The Morgan fingerprint density at radius 2 is 1.53 bits per heavy atom. The third-order valence-electron chi connectivity index (χ3n) is 3.96. The smallest absolute Gasteiger partial charge is 0.394 e. The molecule has 0 atom stereocenters. The summed E-state index contributed by atoms with van der Waals surface area (Å²) in [7, 11) is 0. The zero-order valence-electron chi connectivity index (χ0n) is 8.87. The van der Waals surface area contributed by atoms with Crippen molar-refractivity contribution in [1.29, 1.82) is 0 Å². The molecule has 0 radical (unpaired) electrons. The number of piperidine rings is 1. The number of hydrogen-bond acceptors (Lipinski definition) is 2. The van der Waals surface area contributed by atoms with Gasteiger partial charge in [0.05, 0.1) is 0 Å². The standard InChI is InChI=1S/C11H17NO3/c13-9(10(14)15)12-7-5-11(6-8-12)3-1-2-4-11/h1-8H2,(H,14,15). The first-order valence-corrected chi connectivity index (χ1v) is 5.65. The molecule has 0 bridgehead atoms. The van der Waals surface area contributed by atoms with Gasteiger partial charge in [-0.15, -0.1) is 0 Å². The first kappa shape index (κ1) is 10.5. The van der Waals surface area contributed by atoms with E-state index >= 15 is 0 Å². The van der Waals surface area contributed by atoms with E-state index in [0.29, 0.717) is 18.5 Å². The number of rotatable bonds is 0. The number of aliphatic carboxylic acids is 1. The van der Waals surface area contributed by atoms with E-state index in [9.17, 15) is 9.59 Å². The molecule has 1 N–H and O–H groups in total. The van der Waals surface area contributed by atoms with E-state index in [1.54, 1.807) is 0 Å². The third-order valence-corrected chi connectivity index (χ3v) is 3.96. The van der Waals surface area contributed by atoms with Crippen LogP contribution < -0.4 is 0 Å². The molecular formula is C11H17NO3. The van der Waals surface area contributed by atoms with Crippen LogP contribution in [-0.4, -0.2) is 35.0 Å². The fourth-order valence-corrected chi connectivity index (χ4v) is 2.94. The highest BCUT2D eigenvalue weighted by molar-refractivity contribution is 6.31. The van der Waals surface area contributed by atoms with Gasteiger partial charge in [-0.3, -0.25) is 4.79 Å². The van der Waals surface area contributed by atoms with Crippen LogP contribution in [0.4, 0.5) is 0 Å². The van der Waals surface area contributed by atoms with Crippen molar-refractivity contribution in [2.24, 2.45) is 5.41 Å². The number of likely N-dealkylation sites (tertiary alicyclic amines) is 1. The monoisotopic (exact) mass is 211 g/mol. The van der Waals surface area contributed by atoms with Crippen LogP contribution in [0.3, 0.4) is 0 Å². The van der Waals surface area contributed by atoms with Crippen LogP contribution in [-0.2, 0) is 9.59 Å². The summed E-state index contributed by atoms with van der Waals surface area (Å²) in [5.74, 6) is -2.06. The summed E-state index contributed by atoms with van der Waals surface area (Å²) in [5.41, 5.74) is 0.440. The van der Waals surface area contributed by atoms with Gasteiger partial charge in [0, 0.05) is 13.1 Å². The summed E-state index contributed by atoms with van der Waals surface area (Å²) in [4.78, 5) is 23.2. The maximum atomic E-state index is 11.2. The minimum atomic E-state index is -1.32. The van der Waals surface area contributed by atoms with E-state index in [1.165, 1.54) is 30.6 Å². The van der Waals surface area contributed by atoms with E-state index in [0.717, 1.165) is 12.8 Å². The lowest BCUT2D eigenvalue weighted by Gasteiger charge is -2.38. The molecule has 0 aromatic heterocycles. The molecule has 1 saturated heterocycles. The summed E-state index contributed by atoms with van der Waals surface area (Å²) < 4.78 is 0. The highest BCUT2D eigenvalue weighted by atomic mass is 16.4. The summed E-state index contributed by atoms with van der Waals surface area (Å²) in [6, 6.07) is 0. The van der Waals surface area contributed by atoms with Gasteiger partial charge < -0.3 is 10.0 Å². The number of hydrogen-bond donors (Lipinski definition) is 1. The van der Waals surface area contributed by atoms with Crippen LogP contribution in [0.15, 0.2) is 0 Å². The summed E-state index contributed by atoms with van der Waals surface area (Å²) in [6.07, 6.45) is 7.11. The van der Waals surface area contributed by atoms with Gasteiger partial charge in [-0.2, -0.15) is 0 Å². The second-order valence-electron chi connectivity index (χ2n) is 4.80. The van der Waals surface area contributed by atoms with E-state index in [1.807, 2.05) is 0 Å². The molecule has 1 heterocycles. The summed E-state index contributed by atoms with van der Waals surface area (Å²) >= 11 is 0. The Kier molecular flexibility index (Phi) is 2.67. The molecule has 2 aliphatic rings. The SMILES string of the molecule is O=C(O)C(=O)N1CCC2(CCCC2)CC1. The average Bonchev–Trinajstić information content (AvgIpc) is 2.67. The number of amides is 1. The molecule has 15 heavy (non-hydrogen) atoms. The Balaban J connectivity index is 1.91. The van der Waals surface area contributed by atoms with Crippen molar-refractivity contribution in [3.05, 3.63) is 0 Å². The Morgan fingerprint density at radius 1 is 1.00 bits per heavy atom. The lowest BCUT2D eigenvalue weighted by molar-refractivity contribution is -0.157. The van der Waals surface area contributed by atoms with E-state index in [2.05, 4.69) is 0 Å². The quantitative estimate of drug-likeness (QED) is 0.613. The van der Waals surface area contributed by atoms with Crippen molar-refractivity contribution in [3.63, 3.8) is 0 Å². The molecule has 1 saturated carbocycles. The largest absolute Gasteiger partial charge is 0.474 e. The molecule has 2 fully saturated rings. The molecule has 1 spiro atoms. The van der Waals surface area contributed by atoms with Crippen LogP contribution in [0, 0.1) is 5.41 Å². The summed E-state index contributed by atoms with van der Waals surface area (Å²) in [6.45, 7) is 1.26. The third kappa shape index (κ3) is 1.98. The molecular weight excluding hydrogens is 194 g/mol. The highest BCUT2D eigenvalue weighted by Crippen LogP contribution is 2.45. The minimum absolute atomic E-state index is 0.440. The molecule has 0 aromatic carbocycles. The van der Waals surface area contributed by atoms with Crippen LogP contribution in [0.2, 0.25) is 0 Å². The number of carboxylic acids is 1. The molecule has 84 valence electrons. The van der Waals surface area contributed by atoms with Crippen LogP contribution in [0.25, 0.3) is 0 Å². The predicted molar refractivity (Wildman–Crippen MR) is 54.4 cm³/mol. The second kappa shape index (κ2) is 3.83. The molecule has 0 unspecified atom stereocenters. The average molecular weight is 211 g/mol. The van der Waals surface area contributed by atoms with Crippen molar-refractivity contribution in [2.45, 2.75) is 38.5 Å². The van der Waals surface area contributed by atoms with Gasteiger partial charge in [0.25, 0.3) is 0 Å². The van der Waals surface area contributed by atoms with E-state index < -0.39 is 11.9 Å². The normalized spacial score (nSPS) is 24.4. The maximum Gasteiger partial charge on any atom is 0.394 e. The second-order valence-corrected chi connectivity index (χ2v) is 4.80. The fourth-order valence-electron chi connectivity index (χ4n) is 2.94. The van der Waals surface area contributed by atoms with Crippen molar-refractivity contribution in [2.75, 3.05) is 13.1 Å². The van der Waals surface area contributed by atoms with Crippen molar-refractivity contribution in [1.82, 2.24) is 4.90 Å². The fraction of sp³-hybridized carbons (Fsp3) is 0.818. The number of carbonyl (C=O) groups excluding carboxylic acids is 1. The zero-order valence-corrected chi connectivity index (χ0v) is 8.87. The van der Waals surface area contributed by atoms with Crippen LogP contribution >= 0.6 is 0 Å². The predicted octanol–water partition coefficient (Wildman–Crippen LogP) is 1.25. The molecule has 1 aliphatic heterocycles. The van der Waals surface area contributed by atoms with Crippen molar-refractivity contribution < 1.29 is 14.7 Å². The van der Waals surface area contributed by atoms with E-state index in [4.69, 9.17) is 5.11 Å². The van der Waals surface area contributed by atoms with Crippen LogP contribution in [0.5, 0.6) is 0 Å². The zero-order chi connectivity index (χ0) is 10.9. The lowest BCUT2D eigenvalue weighted by Crippen LogP contribution is -2.44. The Labute approximate surface area is 89.3 Å². The lowest BCUT2D eigenvalue weighted by atomic mass is 9.77. The molecule has 0 aromatic rings. The number of carboxylic acid groups (broad SMARTS) is 1. The topological polar surface area (TPSA) is 57.6 Å². The minimum Gasteiger partial charge on any atom is -0.474 e. The van der Waals surface area contributed by atoms with Gasteiger partial charge in [-0.25, -0.2) is 4.79 Å². The molecule has 4 nitrogen and oxygen atoms in total. The van der Waals surface area contributed by atoms with Crippen LogP contribution in [0.1, 0.15) is 38.5 Å². The van der Waals surface area contributed by atoms with Gasteiger partial charge in [-0.1, -0.05) is 12.8 Å². The Bertz CT molecular complexity index is 272. The number of nitrogens with zero attached hydrogens (tertiary/aromatic N) is 1. The highest BCUT2D eigenvalue weighted by Gasteiger charge is 2.38. The van der Waals surface area contributed by atoms with Gasteiger partial charge in [0.1, 0.15) is 0 Å². The van der Waals surface area contributed by atoms with Gasteiger partial charge in [0.2, 0.25) is 0 Å². The van der Waals surface area contributed by atoms with Crippen molar-refractivity contribution >= 4 is 11.9 Å². The maximum absolute atomic E-state index is 11.2. The Morgan fingerprint density at radius 3 is 2.00 bits per heavy atom. The van der Waals surface area contributed by atoms with Gasteiger partial charge >= 0.3 is 11.9 Å². The molecule has 4 heteroatoms. The van der Waals surface area contributed by atoms with Gasteiger partial charge in [-0.05, 0) is 31.1 Å². The Hall–Kier alpha value is -1.06. The first-order valence-electron chi connectivity index (χ1n) is 5.65. The van der Waals surface area contributed by atoms with E-state index in [-0.39, 0.29) is 0 Å². The molecule has 2 rings (SSSR count). The van der Waals surface area contributed by atoms with Gasteiger partial charge in [0.15, 0.2) is 0 Å². The van der Waals surface area contributed by atoms with Crippen molar-refractivity contribution in [3.8, 4) is 0 Å². The molecule has 1 amide bonds. The first-order chi connectivity index (χ1) is 7.13.